The van der Waals surface area contributed by atoms with Crippen LogP contribution in [0.15, 0.2) is 35.9 Å². The molecule has 1 aromatic carbocycles. The molecule has 1 aliphatic rings. The van der Waals surface area contributed by atoms with Crippen molar-refractivity contribution in [3.63, 3.8) is 0 Å². The lowest BCUT2D eigenvalue weighted by atomic mass is 10.1. The van der Waals surface area contributed by atoms with Crippen LogP contribution in [0.5, 0.6) is 0 Å². The summed E-state index contributed by atoms with van der Waals surface area (Å²) in [6.45, 7) is 0.913. The molecule has 0 bridgehead atoms. The number of unbranched alkanes of at least 4 members (excludes halogenated alkanes) is 2. The van der Waals surface area contributed by atoms with E-state index in [4.69, 9.17) is 21.0 Å². The highest BCUT2D eigenvalue weighted by molar-refractivity contribution is 5.60. The van der Waals surface area contributed by atoms with Crippen LogP contribution in [0.1, 0.15) is 44.1 Å². The van der Waals surface area contributed by atoms with E-state index in [1.165, 1.54) is 0 Å². The van der Waals surface area contributed by atoms with Gasteiger partial charge < -0.3 is 14.6 Å². The molecule has 0 aromatic heterocycles. The molecule has 1 heterocycles. The van der Waals surface area contributed by atoms with Gasteiger partial charge in [0, 0.05) is 25.2 Å². The number of hydrogen-bond acceptors (Lipinski definition) is 3. The lowest BCUT2D eigenvalue weighted by Gasteiger charge is -2.25. The van der Waals surface area contributed by atoms with Crippen LogP contribution < -0.4 is 0 Å². The Labute approximate surface area is 151 Å². The number of rotatable bonds is 7. The van der Waals surface area contributed by atoms with Crippen molar-refractivity contribution in [1.82, 2.24) is 0 Å². The van der Waals surface area contributed by atoms with E-state index in [1.54, 1.807) is 0 Å². The van der Waals surface area contributed by atoms with Crippen LogP contribution in [-0.4, -0.2) is 30.7 Å². The highest BCUT2D eigenvalue weighted by Gasteiger charge is 2.20. The van der Waals surface area contributed by atoms with Gasteiger partial charge in [0.1, 0.15) is 0 Å². The molecule has 3 nitrogen and oxygen atoms in total. The molecule has 1 aromatic rings. The van der Waals surface area contributed by atoms with Crippen molar-refractivity contribution in [3.05, 3.63) is 41.5 Å². The Morgan fingerprint density at radius 1 is 1.32 bits per heavy atom. The van der Waals surface area contributed by atoms with Gasteiger partial charge in [-0.1, -0.05) is 48.1 Å². The average molecular weight is 338 g/mol. The normalized spacial score (nSPS) is 18.7. The smallest absolute Gasteiger partial charge is 0.159 e. The van der Waals surface area contributed by atoms with Gasteiger partial charge in [-0.2, -0.15) is 0 Å². The molecule has 1 N–H and O–H groups in total. The van der Waals surface area contributed by atoms with Crippen molar-refractivity contribution in [3.8, 4) is 24.2 Å². The molecular formula is C22H26O3. The molecular weight excluding hydrogens is 312 g/mol. The second kappa shape index (κ2) is 11.5. The summed E-state index contributed by atoms with van der Waals surface area (Å²) in [6.07, 6.45) is 12.3. The minimum atomic E-state index is -0.520. The van der Waals surface area contributed by atoms with Crippen LogP contribution in [0.2, 0.25) is 0 Å². The summed E-state index contributed by atoms with van der Waals surface area (Å²) >= 11 is 0. The van der Waals surface area contributed by atoms with E-state index in [9.17, 15) is 0 Å². The van der Waals surface area contributed by atoms with E-state index >= 15 is 0 Å². The summed E-state index contributed by atoms with van der Waals surface area (Å²) in [6, 6.07) is 9.96. The quantitative estimate of drug-likeness (QED) is 0.607. The van der Waals surface area contributed by atoms with Crippen LogP contribution in [0.3, 0.4) is 0 Å². The van der Waals surface area contributed by atoms with E-state index in [0.29, 0.717) is 6.61 Å². The van der Waals surface area contributed by atoms with E-state index < -0.39 is 6.10 Å². The van der Waals surface area contributed by atoms with Crippen LogP contribution in [0, 0.1) is 24.2 Å². The molecule has 2 rings (SSSR count). The Morgan fingerprint density at radius 3 is 2.84 bits per heavy atom. The standard InChI is InChI=1S/C22H26O3/c1-2-21(25-22-15-9-11-17-24-22)20(14-8-3-4-10-16-23)18-19-12-6-5-7-13-19/h1,5-7,12-13,18,21-23H,3-4,9-11,15-17H2/b20-18+. The topological polar surface area (TPSA) is 38.7 Å². The van der Waals surface area contributed by atoms with Crippen molar-refractivity contribution in [1.29, 1.82) is 0 Å². The number of terminal acetylenes is 1. The van der Waals surface area contributed by atoms with Crippen molar-refractivity contribution in [2.75, 3.05) is 13.2 Å². The zero-order valence-corrected chi connectivity index (χ0v) is 14.6. The van der Waals surface area contributed by atoms with Gasteiger partial charge in [-0.15, -0.1) is 6.42 Å². The molecule has 0 aliphatic carbocycles. The summed E-state index contributed by atoms with van der Waals surface area (Å²) < 4.78 is 11.6. The number of hydrogen-bond donors (Lipinski definition) is 1. The molecule has 0 amide bonds. The first-order chi connectivity index (χ1) is 12.3. The predicted octanol–water partition coefficient (Wildman–Crippen LogP) is 3.78. The van der Waals surface area contributed by atoms with Crippen molar-refractivity contribution >= 4 is 6.08 Å². The van der Waals surface area contributed by atoms with Gasteiger partial charge >= 0.3 is 0 Å². The van der Waals surface area contributed by atoms with Gasteiger partial charge in [0.15, 0.2) is 12.4 Å². The number of benzene rings is 1. The predicted molar refractivity (Wildman–Crippen MR) is 100 cm³/mol. The Balaban J connectivity index is 2.13. The molecule has 0 spiro atoms. The molecule has 2 unspecified atom stereocenters. The second-order valence-electron chi connectivity index (χ2n) is 5.97. The zero-order chi connectivity index (χ0) is 17.7. The highest BCUT2D eigenvalue weighted by Crippen LogP contribution is 2.19. The highest BCUT2D eigenvalue weighted by atomic mass is 16.7. The third kappa shape index (κ3) is 7.16. The van der Waals surface area contributed by atoms with Crippen molar-refractivity contribution < 1.29 is 14.6 Å². The fourth-order valence-corrected chi connectivity index (χ4v) is 2.57. The molecule has 1 fully saturated rings. The average Bonchev–Trinajstić information content (AvgIpc) is 2.67. The van der Waals surface area contributed by atoms with Gasteiger partial charge in [0.2, 0.25) is 0 Å². The van der Waals surface area contributed by atoms with Gasteiger partial charge in [-0.3, -0.25) is 0 Å². The van der Waals surface area contributed by atoms with Crippen molar-refractivity contribution in [2.45, 2.75) is 50.9 Å². The monoisotopic (exact) mass is 338 g/mol. The summed E-state index contributed by atoms with van der Waals surface area (Å²) in [4.78, 5) is 0. The summed E-state index contributed by atoms with van der Waals surface area (Å²) in [5.41, 5.74) is 1.81. The van der Waals surface area contributed by atoms with Crippen molar-refractivity contribution in [2.24, 2.45) is 0 Å². The first-order valence-electron chi connectivity index (χ1n) is 8.93. The maximum Gasteiger partial charge on any atom is 0.159 e. The maximum atomic E-state index is 8.86. The van der Waals surface area contributed by atoms with E-state index in [2.05, 4.69) is 17.8 Å². The molecule has 2 atom stereocenters. The Bertz CT molecular complexity index is 625. The molecule has 1 saturated heterocycles. The molecule has 132 valence electrons. The van der Waals surface area contributed by atoms with Gasteiger partial charge in [0.25, 0.3) is 0 Å². The lowest BCUT2D eigenvalue weighted by molar-refractivity contribution is -0.169. The van der Waals surface area contributed by atoms with E-state index in [0.717, 1.165) is 49.7 Å². The molecule has 0 saturated carbocycles. The number of aliphatic hydroxyl groups excluding tert-OH is 1. The first kappa shape index (κ1) is 19.3. The Morgan fingerprint density at radius 2 is 2.16 bits per heavy atom. The molecule has 1 aliphatic heterocycles. The van der Waals surface area contributed by atoms with E-state index in [1.807, 2.05) is 36.4 Å². The van der Waals surface area contributed by atoms with Gasteiger partial charge in [-0.05, 0) is 43.7 Å². The number of ether oxygens (including phenoxy) is 2. The molecule has 3 heteroatoms. The second-order valence-corrected chi connectivity index (χ2v) is 5.97. The van der Waals surface area contributed by atoms with E-state index in [-0.39, 0.29) is 12.9 Å². The summed E-state index contributed by atoms with van der Waals surface area (Å²) in [5, 5.41) is 8.86. The van der Waals surface area contributed by atoms with Crippen LogP contribution >= 0.6 is 0 Å². The SMILES string of the molecule is C#CC(OC1CCCCO1)/C(C#CCCCCO)=C/c1ccccc1. The maximum absolute atomic E-state index is 8.86. The van der Waals surface area contributed by atoms with Gasteiger partial charge in [0.05, 0.1) is 0 Å². The Hall–Kier alpha value is -2.04. The van der Waals surface area contributed by atoms with Crippen LogP contribution in [0.4, 0.5) is 0 Å². The minimum Gasteiger partial charge on any atom is -0.396 e. The minimum absolute atomic E-state index is 0.198. The Kier molecular flexibility index (Phi) is 8.87. The largest absolute Gasteiger partial charge is 0.396 e. The summed E-state index contributed by atoms with van der Waals surface area (Å²) in [7, 11) is 0. The third-order valence-electron chi connectivity index (χ3n) is 3.92. The zero-order valence-electron chi connectivity index (χ0n) is 14.6. The number of aliphatic hydroxyl groups is 1. The van der Waals surface area contributed by atoms with Crippen LogP contribution in [-0.2, 0) is 9.47 Å². The third-order valence-corrected chi connectivity index (χ3v) is 3.92. The molecule has 0 radical (unpaired) electrons. The fraction of sp³-hybridized carbons (Fsp3) is 0.455. The first-order valence-corrected chi connectivity index (χ1v) is 8.93. The summed E-state index contributed by atoms with van der Waals surface area (Å²) in [5.74, 6) is 9.03. The fourth-order valence-electron chi connectivity index (χ4n) is 2.57. The molecule has 25 heavy (non-hydrogen) atoms. The van der Waals surface area contributed by atoms with Gasteiger partial charge in [-0.25, -0.2) is 0 Å². The van der Waals surface area contributed by atoms with Crippen LogP contribution in [0.25, 0.3) is 6.08 Å². The lowest BCUT2D eigenvalue weighted by Crippen LogP contribution is -2.28.